The van der Waals surface area contributed by atoms with Gasteiger partial charge in [-0.25, -0.2) is 4.98 Å². The van der Waals surface area contributed by atoms with Gasteiger partial charge in [-0.1, -0.05) is 19.3 Å². The van der Waals surface area contributed by atoms with Gasteiger partial charge in [0.15, 0.2) is 0 Å². The summed E-state index contributed by atoms with van der Waals surface area (Å²) in [5.41, 5.74) is 0.692. The zero-order valence-corrected chi connectivity index (χ0v) is 19.9. The molecule has 4 aliphatic rings. The fraction of sp³-hybridized carbons (Fsp3) is 0.652. The maximum atomic E-state index is 13.4. The zero-order chi connectivity index (χ0) is 22.6. The number of aromatic nitrogens is 4. The van der Waals surface area contributed by atoms with Gasteiger partial charge in [-0.15, -0.1) is 4.31 Å². The summed E-state index contributed by atoms with van der Waals surface area (Å²) in [5, 5.41) is 7.63. The monoisotopic (exact) mass is 469 g/mol. The normalized spacial score (nSPS) is 24.3. The van der Waals surface area contributed by atoms with Crippen LogP contribution >= 0.6 is 0 Å². The number of fused-ring (bicyclic) bond motifs is 2. The maximum Gasteiger partial charge on any atom is 0.239 e. The molecule has 0 radical (unpaired) electrons. The Bertz CT molecular complexity index is 1040. The van der Waals surface area contributed by atoms with Crippen LogP contribution in [0.1, 0.15) is 63.4 Å². The molecule has 4 heterocycles. The van der Waals surface area contributed by atoms with Gasteiger partial charge in [0, 0.05) is 44.0 Å². The second-order valence-corrected chi connectivity index (χ2v) is 11.4. The summed E-state index contributed by atoms with van der Waals surface area (Å²) in [7, 11) is 1.83. The minimum atomic E-state index is -1.18. The quantitative estimate of drug-likeness (QED) is 0.671. The molecular formula is C23H31N7O2S. The van der Waals surface area contributed by atoms with E-state index < -0.39 is 11.4 Å². The molecule has 2 aliphatic heterocycles. The van der Waals surface area contributed by atoms with Crippen molar-refractivity contribution < 1.29 is 9.35 Å². The van der Waals surface area contributed by atoms with E-state index in [1.165, 1.54) is 19.3 Å². The molecular weight excluding hydrogens is 438 g/mol. The number of carbonyl (C=O) groups excluding carboxylic acids is 1. The Kier molecular flexibility index (Phi) is 5.34. The standard InChI is InChI=1S/C23H31N7O2S/c1-28-15-18(13-25-28)33(32)29-11-7-16(8-12-29)26-22-24-14-19-20(27-22)30(17-5-3-2-4-6-17)21(31)23(19)9-10-23/h13-17H,2-12H2,1H3,(H,24,26,27). The van der Waals surface area contributed by atoms with E-state index in [2.05, 4.69) is 15.4 Å². The van der Waals surface area contributed by atoms with Crippen molar-refractivity contribution in [2.45, 2.75) is 80.2 Å². The summed E-state index contributed by atoms with van der Waals surface area (Å²) in [6.45, 7) is 1.47. The lowest BCUT2D eigenvalue weighted by atomic mass is 9.94. The molecule has 1 amide bonds. The van der Waals surface area contributed by atoms with E-state index in [4.69, 9.17) is 4.98 Å². The fourth-order valence-electron chi connectivity index (χ4n) is 5.68. The smallest absolute Gasteiger partial charge is 0.239 e. The van der Waals surface area contributed by atoms with Gasteiger partial charge < -0.3 is 9.87 Å². The topological polar surface area (TPSA) is 102 Å². The first-order valence-corrected chi connectivity index (χ1v) is 13.3. The number of anilines is 2. The molecule has 2 aliphatic carbocycles. The minimum Gasteiger partial charge on any atom is -0.593 e. The van der Waals surface area contributed by atoms with E-state index >= 15 is 0 Å². The molecule has 0 aromatic carbocycles. The number of carbonyl (C=O) groups is 1. The molecule has 176 valence electrons. The van der Waals surface area contributed by atoms with E-state index in [1.807, 2.05) is 28.6 Å². The largest absolute Gasteiger partial charge is 0.593 e. The summed E-state index contributed by atoms with van der Waals surface area (Å²) in [6, 6.07) is 0.499. The minimum absolute atomic E-state index is 0.223. The molecule has 6 rings (SSSR count). The molecule has 2 aromatic rings. The van der Waals surface area contributed by atoms with Crippen molar-refractivity contribution in [3.8, 4) is 0 Å². The van der Waals surface area contributed by atoms with Crippen molar-refractivity contribution in [2.75, 3.05) is 23.3 Å². The van der Waals surface area contributed by atoms with Gasteiger partial charge in [0.25, 0.3) is 0 Å². The number of piperidine rings is 1. The summed E-state index contributed by atoms with van der Waals surface area (Å²) in [5.74, 6) is 1.70. The molecule has 0 bridgehead atoms. The van der Waals surface area contributed by atoms with Crippen molar-refractivity contribution in [3.05, 3.63) is 24.2 Å². The molecule has 3 fully saturated rings. The van der Waals surface area contributed by atoms with Gasteiger partial charge in [-0.2, -0.15) is 10.1 Å². The van der Waals surface area contributed by atoms with Crippen molar-refractivity contribution >= 4 is 29.0 Å². The van der Waals surface area contributed by atoms with Crippen LogP contribution in [0.3, 0.4) is 0 Å². The Morgan fingerprint density at radius 1 is 1.12 bits per heavy atom. The van der Waals surface area contributed by atoms with Gasteiger partial charge in [0.1, 0.15) is 12.0 Å². The fourth-order valence-corrected chi connectivity index (χ4v) is 6.90. The Labute approximate surface area is 197 Å². The van der Waals surface area contributed by atoms with Crippen LogP contribution in [-0.4, -0.2) is 59.7 Å². The zero-order valence-electron chi connectivity index (χ0n) is 19.1. The van der Waals surface area contributed by atoms with Crippen molar-refractivity contribution in [3.63, 3.8) is 0 Å². The number of rotatable bonds is 5. The molecule has 9 nitrogen and oxygen atoms in total. The van der Waals surface area contributed by atoms with Crippen LogP contribution < -0.4 is 10.2 Å². The average molecular weight is 470 g/mol. The van der Waals surface area contributed by atoms with Gasteiger partial charge in [-0.05, 0) is 38.5 Å². The van der Waals surface area contributed by atoms with Gasteiger partial charge in [-0.3, -0.25) is 14.4 Å². The van der Waals surface area contributed by atoms with Crippen LogP contribution in [-0.2, 0) is 28.6 Å². The highest BCUT2D eigenvalue weighted by Crippen LogP contribution is 2.57. The maximum absolute atomic E-state index is 13.4. The summed E-state index contributed by atoms with van der Waals surface area (Å²) < 4.78 is 16.5. The third-order valence-electron chi connectivity index (χ3n) is 7.73. The average Bonchev–Trinajstić information content (AvgIpc) is 3.47. The number of nitrogens with one attached hydrogen (secondary N) is 1. The molecule has 1 saturated heterocycles. The molecule has 2 aromatic heterocycles. The van der Waals surface area contributed by atoms with Crippen LogP contribution in [0.15, 0.2) is 23.5 Å². The molecule has 1 unspecified atom stereocenters. The van der Waals surface area contributed by atoms with E-state index in [9.17, 15) is 9.35 Å². The number of amides is 1. The Morgan fingerprint density at radius 3 is 2.55 bits per heavy atom. The first kappa shape index (κ1) is 21.4. The third-order valence-corrected chi connectivity index (χ3v) is 9.18. The van der Waals surface area contributed by atoms with Crippen LogP contribution in [0.25, 0.3) is 0 Å². The van der Waals surface area contributed by atoms with E-state index in [1.54, 1.807) is 10.9 Å². The van der Waals surface area contributed by atoms with Crippen LogP contribution in [0.5, 0.6) is 0 Å². The molecule has 1 atom stereocenters. The molecule has 1 spiro atoms. The summed E-state index contributed by atoms with van der Waals surface area (Å²) in [4.78, 5) is 25.6. The highest BCUT2D eigenvalue weighted by atomic mass is 32.2. The van der Waals surface area contributed by atoms with Crippen LogP contribution in [0.2, 0.25) is 0 Å². The van der Waals surface area contributed by atoms with Gasteiger partial charge in [0.05, 0.1) is 23.0 Å². The number of hydrogen-bond acceptors (Lipinski definition) is 7. The predicted octanol–water partition coefficient (Wildman–Crippen LogP) is 2.52. The Hall–Kier alpha value is -2.17. The predicted molar refractivity (Wildman–Crippen MR) is 125 cm³/mol. The molecule has 1 N–H and O–H groups in total. The second-order valence-electron chi connectivity index (χ2n) is 9.93. The SMILES string of the molecule is Cn1cc([S+]([O-])N2CCC(Nc3ncc4c(n3)N(C3CCCCC3)C(=O)C43CC3)CC2)cn1. The molecule has 2 saturated carbocycles. The second kappa shape index (κ2) is 8.25. The highest BCUT2D eigenvalue weighted by Gasteiger charge is 2.61. The molecule has 33 heavy (non-hydrogen) atoms. The summed E-state index contributed by atoms with van der Waals surface area (Å²) >= 11 is -1.18. The van der Waals surface area contributed by atoms with Crippen molar-refractivity contribution in [1.29, 1.82) is 0 Å². The van der Waals surface area contributed by atoms with Crippen molar-refractivity contribution in [2.24, 2.45) is 7.05 Å². The first-order chi connectivity index (χ1) is 16.0. The number of aryl methyl sites for hydroxylation is 1. The highest BCUT2D eigenvalue weighted by molar-refractivity contribution is 7.89. The van der Waals surface area contributed by atoms with E-state index in [0.717, 1.165) is 67.9 Å². The van der Waals surface area contributed by atoms with Crippen LogP contribution in [0, 0.1) is 0 Å². The van der Waals surface area contributed by atoms with Gasteiger partial charge >= 0.3 is 0 Å². The lowest BCUT2D eigenvalue weighted by Gasteiger charge is -2.32. The lowest BCUT2D eigenvalue weighted by Crippen LogP contribution is -2.43. The van der Waals surface area contributed by atoms with Crippen LogP contribution in [0.4, 0.5) is 11.8 Å². The Morgan fingerprint density at radius 2 is 1.88 bits per heavy atom. The van der Waals surface area contributed by atoms with Crippen molar-refractivity contribution in [1.82, 2.24) is 24.1 Å². The number of hydrogen-bond donors (Lipinski definition) is 1. The summed E-state index contributed by atoms with van der Waals surface area (Å²) in [6.07, 6.45) is 14.7. The van der Waals surface area contributed by atoms with Gasteiger partial charge in [0.2, 0.25) is 16.8 Å². The number of nitrogens with zero attached hydrogens (tertiary/aromatic N) is 6. The Balaban J connectivity index is 1.14. The van der Waals surface area contributed by atoms with E-state index in [0.29, 0.717) is 5.95 Å². The third kappa shape index (κ3) is 3.72. The first-order valence-electron chi connectivity index (χ1n) is 12.2. The lowest BCUT2D eigenvalue weighted by molar-refractivity contribution is -0.120. The van der Waals surface area contributed by atoms with E-state index in [-0.39, 0.29) is 23.4 Å². The molecule has 10 heteroatoms.